The molecule has 110 valence electrons. The second-order valence-corrected chi connectivity index (χ2v) is 5.51. The molecule has 0 bridgehead atoms. The number of nitrogens with zero attached hydrogens (tertiary/aromatic N) is 1. The molecule has 1 aromatic carbocycles. The Morgan fingerprint density at radius 1 is 1.25 bits per heavy atom. The van der Waals surface area contributed by atoms with Crippen molar-refractivity contribution in [3.63, 3.8) is 0 Å². The second kappa shape index (κ2) is 5.54. The number of rotatable bonds is 5. The van der Waals surface area contributed by atoms with Gasteiger partial charge in [-0.3, -0.25) is 0 Å². The highest BCUT2D eigenvalue weighted by atomic mass is 19.1. The number of benzene rings is 1. The normalized spacial score (nSPS) is 14.2. The van der Waals surface area contributed by atoms with Crippen molar-refractivity contribution in [1.29, 1.82) is 0 Å². The minimum Gasteiger partial charge on any atom is -0.459 e. The van der Waals surface area contributed by atoms with Gasteiger partial charge in [-0.15, -0.1) is 0 Å². The number of fused-ring (bicyclic) bond motifs is 1. The van der Waals surface area contributed by atoms with Crippen LogP contribution in [0.5, 0.6) is 0 Å². The number of halogens is 1. The average molecular weight is 278 g/mol. The second-order valence-electron chi connectivity index (χ2n) is 5.51. The Morgan fingerprint density at radius 2 is 1.90 bits per heavy atom. The van der Waals surface area contributed by atoms with Crippen LogP contribution in [0, 0.1) is 5.82 Å². The van der Waals surface area contributed by atoms with Crippen LogP contribution >= 0.6 is 0 Å². The van der Waals surface area contributed by atoms with Crippen LogP contribution in [-0.4, -0.2) is 24.5 Å². The van der Waals surface area contributed by atoms with Gasteiger partial charge in [0.15, 0.2) is 0 Å². The molecule has 2 aromatic rings. The molecule has 1 aromatic heterocycles. The van der Waals surface area contributed by atoms with Gasteiger partial charge in [-0.25, -0.2) is 4.39 Å². The van der Waals surface area contributed by atoms with Gasteiger partial charge in [0.25, 0.3) is 0 Å². The third kappa shape index (κ3) is 2.34. The zero-order valence-corrected chi connectivity index (χ0v) is 12.6. The molecule has 4 heteroatoms. The molecule has 0 fully saturated rings. The lowest BCUT2D eigenvalue weighted by Gasteiger charge is -2.42. The lowest BCUT2D eigenvalue weighted by Crippen LogP contribution is -2.51. The zero-order chi connectivity index (χ0) is 14.9. The summed E-state index contributed by atoms with van der Waals surface area (Å²) in [5, 5.41) is 0.760. The maximum absolute atomic E-state index is 13.3. The molecule has 1 atom stereocenters. The summed E-state index contributed by atoms with van der Waals surface area (Å²) in [6, 6.07) is 6.13. The first-order valence-corrected chi connectivity index (χ1v) is 7.06. The van der Waals surface area contributed by atoms with E-state index < -0.39 is 0 Å². The van der Waals surface area contributed by atoms with E-state index in [9.17, 15) is 4.39 Å². The van der Waals surface area contributed by atoms with Gasteiger partial charge in [0, 0.05) is 10.9 Å². The SMILES string of the molecule is CCC(CC)(C(N)c1cc2cc(F)ccc2o1)N(C)C. The highest BCUT2D eigenvalue weighted by molar-refractivity contribution is 5.78. The van der Waals surface area contributed by atoms with Crippen LogP contribution in [0.2, 0.25) is 0 Å². The molecule has 2 rings (SSSR count). The number of likely N-dealkylation sites (N-methyl/N-ethyl adjacent to an activating group) is 1. The van der Waals surface area contributed by atoms with Crippen LogP contribution in [0.3, 0.4) is 0 Å². The summed E-state index contributed by atoms with van der Waals surface area (Å²) in [6.07, 6.45) is 1.84. The van der Waals surface area contributed by atoms with Crippen LogP contribution in [0.25, 0.3) is 11.0 Å². The van der Waals surface area contributed by atoms with Crippen molar-refractivity contribution in [3.8, 4) is 0 Å². The summed E-state index contributed by atoms with van der Waals surface area (Å²) in [5.74, 6) is 0.450. The molecule has 0 saturated carbocycles. The summed E-state index contributed by atoms with van der Waals surface area (Å²) >= 11 is 0. The zero-order valence-electron chi connectivity index (χ0n) is 12.6. The van der Waals surface area contributed by atoms with E-state index in [1.165, 1.54) is 12.1 Å². The van der Waals surface area contributed by atoms with Crippen LogP contribution in [0.15, 0.2) is 28.7 Å². The molecule has 0 aliphatic rings. The molecule has 2 N–H and O–H groups in total. The molecule has 0 spiro atoms. The molecule has 0 saturated heterocycles. The smallest absolute Gasteiger partial charge is 0.134 e. The third-order valence-corrected chi connectivity index (χ3v) is 4.50. The Bertz CT molecular complexity index is 587. The standard InChI is InChI=1S/C16H23FN2O/c1-5-16(6-2,19(3)4)15(18)14-10-11-9-12(17)7-8-13(11)20-14/h7-10,15H,5-6,18H2,1-4H3. The van der Waals surface area contributed by atoms with Gasteiger partial charge in [-0.1, -0.05) is 13.8 Å². The Morgan fingerprint density at radius 3 is 2.45 bits per heavy atom. The molecule has 3 nitrogen and oxygen atoms in total. The van der Waals surface area contributed by atoms with E-state index in [0.717, 1.165) is 18.2 Å². The molecule has 1 unspecified atom stereocenters. The Labute approximate surface area is 119 Å². The highest BCUT2D eigenvalue weighted by Crippen LogP contribution is 2.36. The van der Waals surface area contributed by atoms with Crippen molar-refractivity contribution >= 4 is 11.0 Å². The first kappa shape index (κ1) is 15.0. The lowest BCUT2D eigenvalue weighted by molar-refractivity contribution is 0.0969. The molecule has 0 radical (unpaired) electrons. The minimum atomic E-state index is -0.261. The van der Waals surface area contributed by atoms with Gasteiger partial charge in [-0.2, -0.15) is 0 Å². The summed E-state index contributed by atoms with van der Waals surface area (Å²) in [6.45, 7) is 4.26. The summed E-state index contributed by atoms with van der Waals surface area (Å²) in [7, 11) is 4.07. The fraction of sp³-hybridized carbons (Fsp3) is 0.500. The van der Waals surface area contributed by atoms with Gasteiger partial charge in [0.2, 0.25) is 0 Å². The molecule has 0 aliphatic carbocycles. The quantitative estimate of drug-likeness (QED) is 0.907. The Kier molecular flexibility index (Phi) is 4.16. The van der Waals surface area contributed by atoms with Crippen molar-refractivity contribution in [2.45, 2.75) is 38.3 Å². The van der Waals surface area contributed by atoms with Gasteiger partial charge < -0.3 is 15.1 Å². The topological polar surface area (TPSA) is 42.4 Å². The lowest BCUT2D eigenvalue weighted by atomic mass is 9.82. The van der Waals surface area contributed by atoms with E-state index >= 15 is 0 Å². The third-order valence-electron chi connectivity index (χ3n) is 4.50. The van der Waals surface area contributed by atoms with Gasteiger partial charge in [0.05, 0.1) is 6.04 Å². The first-order chi connectivity index (χ1) is 9.44. The van der Waals surface area contributed by atoms with Crippen molar-refractivity contribution in [2.24, 2.45) is 5.73 Å². The molecule has 1 heterocycles. The van der Waals surface area contributed by atoms with Gasteiger partial charge >= 0.3 is 0 Å². The van der Waals surface area contributed by atoms with E-state index in [0.29, 0.717) is 11.3 Å². The largest absolute Gasteiger partial charge is 0.459 e. The Balaban J connectivity index is 2.46. The number of nitrogens with two attached hydrogens (primary N) is 1. The number of hydrogen-bond acceptors (Lipinski definition) is 3. The van der Waals surface area contributed by atoms with Gasteiger partial charge in [0.1, 0.15) is 17.2 Å². The van der Waals surface area contributed by atoms with Crippen LogP contribution in [0.4, 0.5) is 4.39 Å². The molecule has 0 aliphatic heterocycles. The maximum Gasteiger partial charge on any atom is 0.134 e. The highest BCUT2D eigenvalue weighted by Gasteiger charge is 2.38. The van der Waals surface area contributed by atoms with E-state index in [2.05, 4.69) is 18.7 Å². The number of hydrogen-bond donors (Lipinski definition) is 1. The molecule has 20 heavy (non-hydrogen) atoms. The minimum absolute atomic E-state index is 0.160. The van der Waals surface area contributed by atoms with Crippen LogP contribution < -0.4 is 5.73 Å². The van der Waals surface area contributed by atoms with Crippen molar-refractivity contribution in [2.75, 3.05) is 14.1 Å². The van der Waals surface area contributed by atoms with E-state index in [-0.39, 0.29) is 17.4 Å². The summed E-state index contributed by atoms with van der Waals surface area (Å²) in [5.41, 5.74) is 6.99. The van der Waals surface area contributed by atoms with E-state index in [4.69, 9.17) is 10.2 Å². The molecule has 0 amide bonds. The molecular formula is C16H23FN2O. The first-order valence-electron chi connectivity index (χ1n) is 7.06. The van der Waals surface area contributed by atoms with Crippen molar-refractivity contribution < 1.29 is 8.81 Å². The van der Waals surface area contributed by atoms with E-state index in [1.807, 2.05) is 20.2 Å². The monoisotopic (exact) mass is 278 g/mol. The molecular weight excluding hydrogens is 255 g/mol. The fourth-order valence-corrected chi connectivity index (χ4v) is 3.05. The van der Waals surface area contributed by atoms with Crippen LogP contribution in [-0.2, 0) is 0 Å². The average Bonchev–Trinajstić information content (AvgIpc) is 2.83. The summed E-state index contributed by atoms with van der Waals surface area (Å²) in [4.78, 5) is 2.16. The summed E-state index contributed by atoms with van der Waals surface area (Å²) < 4.78 is 19.1. The van der Waals surface area contributed by atoms with Gasteiger partial charge in [-0.05, 0) is 51.2 Å². The predicted molar refractivity (Wildman–Crippen MR) is 80.1 cm³/mol. The predicted octanol–water partition coefficient (Wildman–Crippen LogP) is 3.69. The Hall–Kier alpha value is -1.39. The van der Waals surface area contributed by atoms with E-state index in [1.54, 1.807) is 6.07 Å². The maximum atomic E-state index is 13.3. The van der Waals surface area contributed by atoms with Crippen molar-refractivity contribution in [3.05, 3.63) is 35.8 Å². The number of furan rings is 1. The van der Waals surface area contributed by atoms with Crippen molar-refractivity contribution in [1.82, 2.24) is 4.90 Å². The van der Waals surface area contributed by atoms with Crippen LogP contribution in [0.1, 0.15) is 38.5 Å². The fourth-order valence-electron chi connectivity index (χ4n) is 3.05.